The molecule has 3 nitrogen and oxygen atoms in total. The van der Waals surface area contributed by atoms with E-state index in [2.05, 4.69) is 16.4 Å². The summed E-state index contributed by atoms with van der Waals surface area (Å²) in [6.07, 6.45) is -1.61. The first kappa shape index (κ1) is 37.1. The molecule has 1 saturated carbocycles. The summed E-state index contributed by atoms with van der Waals surface area (Å²) in [5.41, 5.74) is -1.59. The summed E-state index contributed by atoms with van der Waals surface area (Å²) >= 11 is 0. The molecule has 1 aliphatic rings. The number of hydrogen-bond donors (Lipinski definition) is 0. The van der Waals surface area contributed by atoms with Gasteiger partial charge in [0.05, 0.1) is 6.10 Å². The van der Waals surface area contributed by atoms with Gasteiger partial charge in [-0.05, 0) is 97.2 Å². The van der Waals surface area contributed by atoms with Crippen molar-refractivity contribution in [3.63, 3.8) is 0 Å². The maximum atomic E-state index is 15.3. The normalized spacial score (nSPS) is 16.8. The summed E-state index contributed by atoms with van der Waals surface area (Å²) in [6, 6.07) is 12.1. The third-order valence-corrected chi connectivity index (χ3v) is 8.72. The Bertz CT molecular complexity index is 1720. The van der Waals surface area contributed by atoms with Gasteiger partial charge in [0.25, 0.3) is 0 Å². The predicted molar refractivity (Wildman–Crippen MR) is 170 cm³/mol. The molecule has 12 heteroatoms. The second-order valence-electron chi connectivity index (χ2n) is 12.3. The smallest absolute Gasteiger partial charge is 0.429 e. The Labute approximate surface area is 284 Å². The highest BCUT2D eigenvalue weighted by atomic mass is 19.4. The monoisotopic (exact) mass is 710 g/mol. The van der Waals surface area contributed by atoms with Gasteiger partial charge in [-0.2, -0.15) is 8.78 Å². The molecule has 0 atom stereocenters. The predicted octanol–water partition coefficient (Wildman–Crippen LogP) is 12.2. The summed E-state index contributed by atoms with van der Waals surface area (Å²) in [6.45, 7) is 2.87. The van der Waals surface area contributed by atoms with Crippen molar-refractivity contribution in [1.82, 2.24) is 0 Å². The Balaban J connectivity index is 1.25. The first-order valence-electron chi connectivity index (χ1n) is 16.4. The second-order valence-corrected chi connectivity index (χ2v) is 12.3. The van der Waals surface area contributed by atoms with Crippen molar-refractivity contribution in [3.8, 4) is 33.8 Å². The average molecular weight is 711 g/mol. The van der Waals surface area contributed by atoms with E-state index in [4.69, 9.17) is 4.74 Å². The molecule has 0 heterocycles. The molecule has 0 amide bonds. The van der Waals surface area contributed by atoms with Gasteiger partial charge in [-0.1, -0.05) is 50.5 Å². The molecule has 0 aliphatic heterocycles. The van der Waals surface area contributed by atoms with Crippen molar-refractivity contribution in [2.24, 2.45) is 0 Å². The van der Waals surface area contributed by atoms with Crippen LogP contribution < -0.4 is 9.47 Å². The van der Waals surface area contributed by atoms with Gasteiger partial charge >= 0.3 is 12.5 Å². The molecule has 0 unspecified atom stereocenters. The fourth-order valence-corrected chi connectivity index (χ4v) is 6.20. The zero-order valence-corrected chi connectivity index (χ0v) is 27.1. The van der Waals surface area contributed by atoms with Crippen LogP contribution >= 0.6 is 0 Å². The molecule has 4 aromatic carbocycles. The molecule has 0 spiro atoms. The Morgan fingerprint density at radius 2 is 1.20 bits per heavy atom. The number of alkyl halides is 5. The van der Waals surface area contributed by atoms with Gasteiger partial charge in [-0.15, -0.1) is 13.2 Å². The van der Waals surface area contributed by atoms with E-state index in [0.717, 1.165) is 93.5 Å². The van der Waals surface area contributed by atoms with E-state index in [1.54, 1.807) is 6.07 Å². The van der Waals surface area contributed by atoms with E-state index in [1.807, 2.05) is 0 Å². The van der Waals surface area contributed by atoms with Crippen LogP contribution in [-0.2, 0) is 10.8 Å². The van der Waals surface area contributed by atoms with Crippen molar-refractivity contribution >= 4 is 0 Å². The molecule has 4 aromatic rings. The number of benzene rings is 4. The number of rotatable bonds is 13. The summed E-state index contributed by atoms with van der Waals surface area (Å²) in [5, 5.41) is 0. The first-order chi connectivity index (χ1) is 23.7. The van der Waals surface area contributed by atoms with Crippen molar-refractivity contribution in [3.05, 3.63) is 107 Å². The molecule has 0 aromatic heterocycles. The molecule has 0 saturated heterocycles. The largest absolute Gasteiger partial charge is 0.573 e. The quantitative estimate of drug-likeness (QED) is 0.102. The summed E-state index contributed by atoms with van der Waals surface area (Å²) in [7, 11) is 0. The van der Waals surface area contributed by atoms with E-state index in [0.29, 0.717) is 18.2 Å². The Morgan fingerprint density at radius 1 is 0.600 bits per heavy atom. The van der Waals surface area contributed by atoms with Gasteiger partial charge in [-0.3, -0.25) is 0 Å². The minimum atomic E-state index is -4.93. The van der Waals surface area contributed by atoms with Crippen molar-refractivity contribution in [1.29, 1.82) is 0 Å². The lowest BCUT2D eigenvalue weighted by Crippen LogP contribution is -2.25. The molecule has 5 rings (SSSR count). The van der Waals surface area contributed by atoms with Gasteiger partial charge in [0.1, 0.15) is 40.3 Å². The summed E-state index contributed by atoms with van der Waals surface area (Å²) < 4.78 is 142. The van der Waals surface area contributed by atoms with E-state index >= 15 is 22.0 Å². The van der Waals surface area contributed by atoms with Crippen LogP contribution in [0.5, 0.6) is 11.5 Å². The highest BCUT2D eigenvalue weighted by Crippen LogP contribution is 2.40. The molecule has 0 radical (unpaired) electrons. The van der Waals surface area contributed by atoms with E-state index < -0.39 is 52.8 Å². The van der Waals surface area contributed by atoms with Crippen LogP contribution in [0.4, 0.5) is 39.5 Å². The highest BCUT2D eigenvalue weighted by Gasteiger charge is 2.41. The molecule has 1 aliphatic carbocycles. The van der Waals surface area contributed by atoms with Crippen LogP contribution in [0.25, 0.3) is 22.3 Å². The van der Waals surface area contributed by atoms with Crippen LogP contribution in [0.15, 0.2) is 72.8 Å². The van der Waals surface area contributed by atoms with Crippen LogP contribution in [0.2, 0.25) is 0 Å². The van der Waals surface area contributed by atoms with Crippen molar-refractivity contribution in [2.45, 2.75) is 82.8 Å². The van der Waals surface area contributed by atoms with Gasteiger partial charge < -0.3 is 14.2 Å². The Kier molecular flexibility index (Phi) is 11.7. The zero-order valence-electron chi connectivity index (χ0n) is 27.1. The summed E-state index contributed by atoms with van der Waals surface area (Å²) in [5.74, 6) is -6.53. The van der Waals surface area contributed by atoms with Crippen LogP contribution in [0, 0.1) is 23.3 Å². The highest BCUT2D eigenvalue weighted by molar-refractivity contribution is 5.67. The van der Waals surface area contributed by atoms with Gasteiger partial charge in [-0.25, -0.2) is 17.6 Å². The molecular weight excluding hydrogens is 675 g/mol. The maximum Gasteiger partial charge on any atom is 0.573 e. The fraction of sp³-hybridized carbons (Fsp3) is 0.368. The number of hydrogen-bond acceptors (Lipinski definition) is 3. The second kappa shape index (κ2) is 15.8. The first-order valence-corrected chi connectivity index (χ1v) is 16.4. The average Bonchev–Trinajstić information content (AvgIpc) is 3.04. The third-order valence-electron chi connectivity index (χ3n) is 8.72. The third kappa shape index (κ3) is 9.32. The number of halogens is 9. The number of ether oxygens (including phenoxy) is 3. The molecular formula is C38H35F9O3. The minimum absolute atomic E-state index is 0.0856. The minimum Gasteiger partial charge on any atom is -0.429 e. The van der Waals surface area contributed by atoms with Gasteiger partial charge in [0, 0.05) is 23.8 Å². The van der Waals surface area contributed by atoms with Gasteiger partial charge in [0.2, 0.25) is 0 Å². The summed E-state index contributed by atoms with van der Waals surface area (Å²) in [4.78, 5) is 0. The standard InChI is InChI=1S/C38H35F9O3/c1-2-3-4-5-18-48-27-11-6-23(7-12-27)25-10-16-31(32(39)19-25)26-20-34(41)36(35(42)21-26)37(43,44)49-29-15-17-30(33(40)22-29)24-8-13-28(14-9-24)50-38(45,46)47/h8-10,13-17,19-23,27H,2-7,11-12,18H2,1H3. The van der Waals surface area contributed by atoms with Crippen molar-refractivity contribution in [2.75, 3.05) is 6.61 Å². The van der Waals surface area contributed by atoms with E-state index in [-0.39, 0.29) is 34.3 Å². The Morgan fingerprint density at radius 3 is 1.80 bits per heavy atom. The molecule has 0 bridgehead atoms. The van der Waals surface area contributed by atoms with Crippen LogP contribution in [-0.4, -0.2) is 19.1 Å². The van der Waals surface area contributed by atoms with Crippen LogP contribution in [0.1, 0.15) is 75.3 Å². The van der Waals surface area contributed by atoms with Crippen LogP contribution in [0.3, 0.4) is 0 Å². The lowest BCUT2D eigenvalue weighted by atomic mass is 9.82. The van der Waals surface area contributed by atoms with E-state index in [1.165, 1.54) is 18.6 Å². The fourth-order valence-electron chi connectivity index (χ4n) is 6.20. The Hall–Kier alpha value is -4.19. The molecule has 1 fully saturated rings. The topological polar surface area (TPSA) is 27.7 Å². The number of unbranched alkanes of at least 4 members (excludes halogenated alkanes) is 3. The maximum absolute atomic E-state index is 15.3. The van der Waals surface area contributed by atoms with Gasteiger partial charge in [0.15, 0.2) is 0 Å². The lowest BCUT2D eigenvalue weighted by Gasteiger charge is -2.29. The molecule has 50 heavy (non-hydrogen) atoms. The zero-order chi connectivity index (χ0) is 36.1. The van der Waals surface area contributed by atoms with Crippen molar-refractivity contribution < 1.29 is 53.7 Å². The molecule has 268 valence electrons. The SMILES string of the molecule is CCCCCCOC1CCC(c2ccc(-c3cc(F)c(C(F)(F)Oc4ccc(-c5ccc(OC(F)(F)F)cc5)c(F)c4)c(F)c3)c(F)c2)CC1. The lowest BCUT2D eigenvalue weighted by molar-refractivity contribution is -0.274. The molecule has 0 N–H and O–H groups in total. The van der Waals surface area contributed by atoms with E-state index in [9.17, 15) is 17.6 Å².